The maximum atomic E-state index is 4.96. The molecule has 0 saturated carbocycles. The van der Waals surface area contributed by atoms with Crippen molar-refractivity contribution in [2.45, 2.75) is 33.1 Å². The second kappa shape index (κ2) is 8.61. The van der Waals surface area contributed by atoms with Crippen LogP contribution in [0.3, 0.4) is 0 Å². The van der Waals surface area contributed by atoms with Crippen molar-refractivity contribution in [3.05, 3.63) is 71.4 Å². The fourth-order valence-corrected chi connectivity index (χ4v) is 4.53. The summed E-state index contributed by atoms with van der Waals surface area (Å²) in [6.45, 7) is 6.17. The average molecular weight is 427 g/mol. The van der Waals surface area contributed by atoms with Crippen LogP contribution in [0.5, 0.6) is 0 Å². The Labute approximate surface area is 189 Å². The van der Waals surface area contributed by atoms with Crippen LogP contribution in [0.15, 0.2) is 54.7 Å². The van der Waals surface area contributed by atoms with E-state index in [1.54, 1.807) is 0 Å². The molecular weight excluding hydrogens is 396 g/mol. The lowest BCUT2D eigenvalue weighted by Gasteiger charge is -2.32. The summed E-state index contributed by atoms with van der Waals surface area (Å²) >= 11 is 0. The van der Waals surface area contributed by atoms with E-state index in [1.807, 2.05) is 17.9 Å². The third-order valence-electron chi connectivity index (χ3n) is 6.49. The Bertz CT molecular complexity index is 1220. The highest BCUT2D eigenvalue weighted by atomic mass is 15.3. The van der Waals surface area contributed by atoms with E-state index in [0.717, 1.165) is 60.8 Å². The lowest BCUT2D eigenvalue weighted by atomic mass is 9.90. The van der Waals surface area contributed by atoms with Gasteiger partial charge >= 0.3 is 0 Å². The molecule has 1 saturated heterocycles. The summed E-state index contributed by atoms with van der Waals surface area (Å²) in [6, 6.07) is 17.2. The first-order valence-corrected chi connectivity index (χ1v) is 11.4. The molecule has 0 unspecified atom stereocenters. The number of nitrogens with zero attached hydrogens (tertiary/aromatic N) is 5. The molecule has 1 aliphatic rings. The Kier molecular flexibility index (Phi) is 5.52. The third-order valence-corrected chi connectivity index (χ3v) is 6.49. The van der Waals surface area contributed by atoms with Crippen LogP contribution in [-0.2, 0) is 13.5 Å². The van der Waals surface area contributed by atoms with Crippen molar-refractivity contribution >= 4 is 28.5 Å². The highest BCUT2D eigenvalue weighted by Crippen LogP contribution is 2.30. The van der Waals surface area contributed by atoms with Crippen LogP contribution in [0.2, 0.25) is 0 Å². The number of hydrogen-bond donors (Lipinski definition) is 1. The number of benzene rings is 2. The summed E-state index contributed by atoms with van der Waals surface area (Å²) < 4.78 is 1.83. The summed E-state index contributed by atoms with van der Waals surface area (Å²) in [5.74, 6) is 2.31. The fraction of sp³-hybridized carbons (Fsp3) is 0.346. The molecule has 0 bridgehead atoms. The molecule has 2 aromatic carbocycles. The SMILES string of the molecule is Cc1ccc(C)c(Nc2nc(N3CCC(Cc4ccccc4)CC3)nc3c2cnn3C)c1. The van der Waals surface area contributed by atoms with Gasteiger partial charge in [-0.15, -0.1) is 0 Å². The van der Waals surface area contributed by atoms with Crippen LogP contribution in [0, 0.1) is 19.8 Å². The van der Waals surface area contributed by atoms with Gasteiger partial charge < -0.3 is 10.2 Å². The molecule has 1 fully saturated rings. The molecule has 164 valence electrons. The maximum Gasteiger partial charge on any atom is 0.229 e. The van der Waals surface area contributed by atoms with E-state index >= 15 is 0 Å². The predicted octanol–water partition coefficient (Wildman–Crippen LogP) is 5.18. The largest absolute Gasteiger partial charge is 0.341 e. The van der Waals surface area contributed by atoms with Gasteiger partial charge in [-0.3, -0.25) is 4.68 Å². The third kappa shape index (κ3) is 4.17. The van der Waals surface area contributed by atoms with Crippen LogP contribution < -0.4 is 10.2 Å². The first kappa shape index (κ1) is 20.5. The standard InChI is InChI=1S/C26H30N6/c1-18-9-10-19(2)23(15-18)28-24-22-17-27-31(3)25(22)30-26(29-24)32-13-11-21(12-14-32)16-20-7-5-4-6-8-20/h4-10,15,17,21H,11-14,16H2,1-3H3,(H,28,29,30). The summed E-state index contributed by atoms with van der Waals surface area (Å²) in [5, 5.41) is 8.94. The number of hydrogen-bond acceptors (Lipinski definition) is 5. The van der Waals surface area contributed by atoms with Crippen LogP contribution in [0.4, 0.5) is 17.5 Å². The van der Waals surface area contributed by atoms with Crippen LogP contribution >= 0.6 is 0 Å². The molecular formula is C26H30N6. The molecule has 0 spiro atoms. The summed E-state index contributed by atoms with van der Waals surface area (Å²) in [4.78, 5) is 12.2. The molecule has 2 aromatic heterocycles. The van der Waals surface area contributed by atoms with Gasteiger partial charge in [0.2, 0.25) is 5.95 Å². The number of nitrogens with one attached hydrogen (secondary N) is 1. The van der Waals surface area contributed by atoms with Gasteiger partial charge in [0, 0.05) is 25.8 Å². The predicted molar refractivity (Wildman–Crippen MR) is 131 cm³/mol. The Morgan fingerprint density at radius 3 is 2.56 bits per heavy atom. The zero-order valence-corrected chi connectivity index (χ0v) is 19.0. The second-order valence-electron chi connectivity index (χ2n) is 8.94. The number of rotatable bonds is 5. The van der Waals surface area contributed by atoms with E-state index < -0.39 is 0 Å². The maximum absolute atomic E-state index is 4.96. The van der Waals surface area contributed by atoms with Gasteiger partial charge in [0.05, 0.1) is 11.6 Å². The molecule has 1 N–H and O–H groups in total. The minimum Gasteiger partial charge on any atom is -0.341 e. The number of anilines is 3. The van der Waals surface area contributed by atoms with Gasteiger partial charge in [-0.25, -0.2) is 0 Å². The van der Waals surface area contributed by atoms with E-state index in [2.05, 4.69) is 77.7 Å². The quantitative estimate of drug-likeness (QED) is 0.476. The molecule has 32 heavy (non-hydrogen) atoms. The first-order valence-electron chi connectivity index (χ1n) is 11.4. The summed E-state index contributed by atoms with van der Waals surface area (Å²) in [5.41, 5.74) is 5.76. The van der Waals surface area contributed by atoms with Gasteiger partial charge in [0.15, 0.2) is 5.65 Å². The smallest absolute Gasteiger partial charge is 0.229 e. The van der Waals surface area contributed by atoms with Crippen LogP contribution in [0.1, 0.15) is 29.5 Å². The highest BCUT2D eigenvalue weighted by Gasteiger charge is 2.23. The molecule has 6 heteroatoms. The van der Waals surface area contributed by atoms with Crippen molar-refractivity contribution < 1.29 is 0 Å². The number of aryl methyl sites for hydroxylation is 3. The normalized spacial score (nSPS) is 14.8. The van der Waals surface area contributed by atoms with Crippen molar-refractivity contribution in [1.82, 2.24) is 19.7 Å². The molecule has 4 aromatic rings. The van der Waals surface area contributed by atoms with E-state index in [9.17, 15) is 0 Å². The van der Waals surface area contributed by atoms with Crippen molar-refractivity contribution in [3.8, 4) is 0 Å². The van der Waals surface area contributed by atoms with Crippen LogP contribution in [0.25, 0.3) is 11.0 Å². The van der Waals surface area contributed by atoms with Crippen LogP contribution in [-0.4, -0.2) is 32.8 Å². The lowest BCUT2D eigenvalue weighted by molar-refractivity contribution is 0.401. The number of aromatic nitrogens is 4. The first-order chi connectivity index (χ1) is 15.6. The monoisotopic (exact) mass is 426 g/mol. The Hall–Kier alpha value is -3.41. The molecule has 0 atom stereocenters. The average Bonchev–Trinajstić information content (AvgIpc) is 3.18. The van der Waals surface area contributed by atoms with Gasteiger partial charge in [-0.05, 0) is 61.8 Å². The minimum absolute atomic E-state index is 0.710. The van der Waals surface area contributed by atoms with E-state index in [0.29, 0.717) is 5.92 Å². The molecule has 0 aliphatic carbocycles. The zero-order chi connectivity index (χ0) is 22.1. The fourth-order valence-electron chi connectivity index (χ4n) is 4.53. The van der Waals surface area contributed by atoms with E-state index in [4.69, 9.17) is 9.97 Å². The van der Waals surface area contributed by atoms with Crippen molar-refractivity contribution in [3.63, 3.8) is 0 Å². The van der Waals surface area contributed by atoms with Gasteiger partial charge in [-0.2, -0.15) is 15.1 Å². The van der Waals surface area contributed by atoms with Crippen molar-refractivity contribution in [2.24, 2.45) is 13.0 Å². The van der Waals surface area contributed by atoms with Crippen molar-refractivity contribution in [1.29, 1.82) is 0 Å². The molecule has 0 radical (unpaired) electrons. The number of fused-ring (bicyclic) bond motifs is 1. The Balaban J connectivity index is 1.39. The molecule has 3 heterocycles. The zero-order valence-electron chi connectivity index (χ0n) is 19.0. The Morgan fingerprint density at radius 2 is 1.78 bits per heavy atom. The second-order valence-corrected chi connectivity index (χ2v) is 8.94. The summed E-state index contributed by atoms with van der Waals surface area (Å²) in [6.07, 6.45) is 5.30. The highest BCUT2D eigenvalue weighted by molar-refractivity contribution is 5.89. The molecule has 1 aliphatic heterocycles. The van der Waals surface area contributed by atoms with Gasteiger partial charge in [0.1, 0.15) is 5.82 Å². The van der Waals surface area contributed by atoms with E-state index in [-0.39, 0.29) is 0 Å². The number of piperidine rings is 1. The lowest BCUT2D eigenvalue weighted by Crippen LogP contribution is -2.35. The molecule has 6 nitrogen and oxygen atoms in total. The molecule has 0 amide bonds. The topological polar surface area (TPSA) is 58.9 Å². The summed E-state index contributed by atoms with van der Waals surface area (Å²) in [7, 11) is 1.94. The Morgan fingerprint density at radius 1 is 1.00 bits per heavy atom. The van der Waals surface area contributed by atoms with Crippen molar-refractivity contribution in [2.75, 3.05) is 23.3 Å². The minimum atomic E-state index is 0.710. The molecule has 5 rings (SSSR count). The van der Waals surface area contributed by atoms with E-state index in [1.165, 1.54) is 16.7 Å². The van der Waals surface area contributed by atoms with Gasteiger partial charge in [-0.1, -0.05) is 42.5 Å². The van der Waals surface area contributed by atoms with Gasteiger partial charge in [0.25, 0.3) is 0 Å².